The number of carbonyl (C=O) groups is 1. The van der Waals surface area contributed by atoms with Crippen molar-refractivity contribution >= 4 is 40.4 Å². The predicted octanol–water partition coefficient (Wildman–Crippen LogP) is 5.92. The predicted molar refractivity (Wildman–Crippen MR) is 133 cm³/mol. The molecule has 0 fully saturated rings. The van der Waals surface area contributed by atoms with E-state index in [0.717, 1.165) is 0 Å². The van der Waals surface area contributed by atoms with Crippen LogP contribution in [0.1, 0.15) is 5.69 Å². The molecule has 0 unspecified atom stereocenters. The van der Waals surface area contributed by atoms with Crippen LogP contribution >= 0.6 is 11.6 Å². The maximum absolute atomic E-state index is 14.7. The molecule has 176 valence electrons. The molecular weight excluding hydrogens is 471 g/mol. The van der Waals surface area contributed by atoms with Gasteiger partial charge in [-0.2, -0.15) is 5.10 Å². The average molecular weight is 491 g/mol. The normalized spacial score (nSPS) is 12.5. The number of aromatic nitrogens is 2. The number of amides is 1. The molecule has 1 aliphatic heterocycles. The molecule has 7 nitrogen and oxygen atoms in total. The maximum Gasteiger partial charge on any atom is 0.237 e. The van der Waals surface area contributed by atoms with Gasteiger partial charge in [0.1, 0.15) is 5.82 Å². The first-order valence-electron chi connectivity index (χ1n) is 10.7. The fraction of sp³-hybridized carbons (Fsp3) is 0.115. The monoisotopic (exact) mass is 490 g/mol. The van der Waals surface area contributed by atoms with E-state index in [1.54, 1.807) is 62.8 Å². The molecule has 1 aromatic heterocycles. The smallest absolute Gasteiger partial charge is 0.237 e. The minimum absolute atomic E-state index is 0.0559. The molecule has 1 amide bonds. The van der Waals surface area contributed by atoms with Crippen LogP contribution in [-0.2, 0) is 11.2 Å². The third-order valence-electron chi connectivity index (χ3n) is 5.68. The van der Waals surface area contributed by atoms with E-state index in [-0.39, 0.29) is 18.0 Å². The lowest BCUT2D eigenvalue weighted by molar-refractivity contribution is -0.117. The number of para-hydroxylation sites is 1. The number of benzene rings is 3. The van der Waals surface area contributed by atoms with Crippen LogP contribution in [0.2, 0.25) is 5.02 Å². The van der Waals surface area contributed by atoms with Crippen molar-refractivity contribution < 1.29 is 18.7 Å². The summed E-state index contributed by atoms with van der Waals surface area (Å²) in [5, 5.41) is 12.2. The highest BCUT2D eigenvalue weighted by Crippen LogP contribution is 2.42. The van der Waals surface area contributed by atoms with Crippen molar-refractivity contribution in [3.63, 3.8) is 0 Å². The number of methoxy groups -OCH3 is 2. The number of ether oxygens (including phenoxy) is 2. The zero-order valence-corrected chi connectivity index (χ0v) is 19.6. The second kappa shape index (κ2) is 9.23. The minimum atomic E-state index is -0.514. The van der Waals surface area contributed by atoms with Gasteiger partial charge in [-0.15, -0.1) is 5.10 Å². The Morgan fingerprint density at radius 1 is 0.914 bits per heavy atom. The van der Waals surface area contributed by atoms with Crippen LogP contribution in [0.3, 0.4) is 0 Å². The van der Waals surface area contributed by atoms with Gasteiger partial charge >= 0.3 is 0 Å². The van der Waals surface area contributed by atoms with Gasteiger partial charge < -0.3 is 14.8 Å². The molecule has 0 spiro atoms. The summed E-state index contributed by atoms with van der Waals surface area (Å²) >= 11 is 6.30. The van der Waals surface area contributed by atoms with E-state index in [4.69, 9.17) is 21.1 Å². The highest BCUT2D eigenvalue weighted by molar-refractivity contribution is 6.31. The van der Waals surface area contributed by atoms with Gasteiger partial charge in [0.15, 0.2) is 17.3 Å². The molecule has 4 aromatic rings. The summed E-state index contributed by atoms with van der Waals surface area (Å²) in [6, 6.07) is 18.5. The van der Waals surface area contributed by atoms with Gasteiger partial charge in [-0.25, -0.2) is 4.39 Å². The van der Waals surface area contributed by atoms with Gasteiger partial charge in [-0.05, 0) is 42.5 Å². The summed E-state index contributed by atoms with van der Waals surface area (Å²) in [5.74, 6) is 0.769. The Kier molecular flexibility index (Phi) is 5.96. The molecule has 1 N–H and O–H groups in total. The fourth-order valence-electron chi connectivity index (χ4n) is 4.08. The van der Waals surface area contributed by atoms with Crippen LogP contribution in [0.15, 0.2) is 66.7 Å². The number of hydrogen-bond donors (Lipinski definition) is 1. The van der Waals surface area contributed by atoms with Crippen molar-refractivity contribution in [2.45, 2.75) is 6.42 Å². The number of anilines is 4. The van der Waals surface area contributed by atoms with Gasteiger partial charge in [-0.3, -0.25) is 9.69 Å². The SMILES string of the molecule is COc1ccc(Nc2cc3c(nn2)CC(=O)N(c2ccccc2F)c2cc(Cl)ccc2-3)cc1OC. The average Bonchev–Trinajstić information content (AvgIpc) is 2.97. The van der Waals surface area contributed by atoms with Crippen LogP contribution in [0.5, 0.6) is 11.5 Å². The van der Waals surface area contributed by atoms with Crippen molar-refractivity contribution in [3.8, 4) is 22.6 Å². The summed E-state index contributed by atoms with van der Waals surface area (Å²) in [7, 11) is 3.13. The number of nitrogens with zero attached hydrogens (tertiary/aromatic N) is 3. The van der Waals surface area contributed by atoms with E-state index >= 15 is 0 Å². The summed E-state index contributed by atoms with van der Waals surface area (Å²) in [4.78, 5) is 14.7. The molecule has 0 atom stereocenters. The van der Waals surface area contributed by atoms with Gasteiger partial charge in [0, 0.05) is 27.9 Å². The Balaban J connectivity index is 1.60. The molecular formula is C26H20ClFN4O3. The second-order valence-electron chi connectivity index (χ2n) is 7.80. The third-order valence-corrected chi connectivity index (χ3v) is 5.91. The number of hydrogen-bond acceptors (Lipinski definition) is 6. The van der Waals surface area contributed by atoms with Crippen LogP contribution in [0, 0.1) is 5.82 Å². The molecule has 0 aliphatic carbocycles. The van der Waals surface area contributed by atoms with Crippen molar-refractivity contribution in [3.05, 3.63) is 83.3 Å². The van der Waals surface area contributed by atoms with Gasteiger partial charge in [-0.1, -0.05) is 29.8 Å². The van der Waals surface area contributed by atoms with E-state index in [0.29, 0.717) is 50.5 Å². The first-order valence-corrected chi connectivity index (χ1v) is 11.1. The van der Waals surface area contributed by atoms with E-state index in [2.05, 4.69) is 15.5 Å². The molecule has 0 radical (unpaired) electrons. The van der Waals surface area contributed by atoms with E-state index in [9.17, 15) is 9.18 Å². The number of halogens is 2. The molecule has 35 heavy (non-hydrogen) atoms. The Morgan fingerprint density at radius 2 is 1.71 bits per heavy atom. The zero-order valence-electron chi connectivity index (χ0n) is 18.9. The molecule has 5 rings (SSSR count). The summed E-state index contributed by atoms with van der Waals surface area (Å²) in [6.45, 7) is 0. The quantitative estimate of drug-likeness (QED) is 0.374. The summed E-state index contributed by atoms with van der Waals surface area (Å²) in [6.07, 6.45) is -0.0559. The minimum Gasteiger partial charge on any atom is -0.493 e. The van der Waals surface area contributed by atoms with Crippen LogP contribution in [-0.4, -0.2) is 30.3 Å². The Bertz CT molecular complexity index is 1450. The molecule has 1 aliphatic rings. The van der Waals surface area contributed by atoms with Crippen LogP contribution in [0.4, 0.5) is 27.3 Å². The topological polar surface area (TPSA) is 76.6 Å². The Labute approximate surface area is 206 Å². The lowest BCUT2D eigenvalue weighted by Crippen LogP contribution is -2.27. The number of nitrogens with one attached hydrogen (secondary N) is 1. The number of carbonyl (C=O) groups excluding carboxylic acids is 1. The first-order chi connectivity index (χ1) is 17.0. The fourth-order valence-corrected chi connectivity index (χ4v) is 4.24. The van der Waals surface area contributed by atoms with Gasteiger partial charge in [0.25, 0.3) is 0 Å². The van der Waals surface area contributed by atoms with Gasteiger partial charge in [0.2, 0.25) is 5.91 Å². The van der Waals surface area contributed by atoms with E-state index in [1.807, 2.05) is 12.1 Å². The summed E-state index contributed by atoms with van der Waals surface area (Å²) < 4.78 is 25.4. The lowest BCUT2D eigenvalue weighted by atomic mass is 10.0. The zero-order chi connectivity index (χ0) is 24.5. The molecule has 3 aromatic carbocycles. The highest BCUT2D eigenvalue weighted by atomic mass is 35.5. The van der Waals surface area contributed by atoms with Crippen molar-refractivity contribution in [2.24, 2.45) is 0 Å². The Hall–Kier alpha value is -4.17. The standard InChI is InChI=1S/C26H20ClFN4O3/c1-34-23-10-8-16(12-24(23)35-2)29-25-13-18-17-9-7-15(27)11-22(17)32(21-6-4-3-5-19(21)28)26(33)14-20(18)30-31-25/h3-13H,14H2,1-2H3,(H,29,31). The molecule has 2 heterocycles. The van der Waals surface area contributed by atoms with E-state index in [1.165, 1.54) is 11.0 Å². The van der Waals surface area contributed by atoms with Crippen molar-refractivity contribution in [2.75, 3.05) is 24.4 Å². The largest absolute Gasteiger partial charge is 0.493 e. The molecule has 0 bridgehead atoms. The molecule has 0 saturated carbocycles. The third kappa shape index (κ3) is 4.24. The van der Waals surface area contributed by atoms with Crippen LogP contribution < -0.4 is 19.7 Å². The van der Waals surface area contributed by atoms with Gasteiger partial charge in [0.05, 0.1) is 37.7 Å². The molecule has 9 heteroatoms. The lowest BCUT2D eigenvalue weighted by Gasteiger charge is -2.23. The Morgan fingerprint density at radius 3 is 2.49 bits per heavy atom. The second-order valence-corrected chi connectivity index (χ2v) is 8.24. The first kappa shape index (κ1) is 22.6. The highest BCUT2D eigenvalue weighted by Gasteiger charge is 2.30. The van der Waals surface area contributed by atoms with Crippen LogP contribution in [0.25, 0.3) is 11.1 Å². The number of fused-ring (bicyclic) bond motifs is 3. The maximum atomic E-state index is 14.7. The molecule has 0 saturated heterocycles. The van der Waals surface area contributed by atoms with E-state index < -0.39 is 5.82 Å². The van der Waals surface area contributed by atoms with Crippen molar-refractivity contribution in [1.82, 2.24) is 10.2 Å². The summed E-state index contributed by atoms with van der Waals surface area (Å²) in [5.41, 5.74) is 3.19. The van der Waals surface area contributed by atoms with Crippen molar-refractivity contribution in [1.29, 1.82) is 0 Å². The number of rotatable bonds is 5.